The molecule has 2 heteroatoms. The van der Waals surface area contributed by atoms with Gasteiger partial charge in [0.05, 0.1) is 6.04 Å². The van der Waals surface area contributed by atoms with Crippen molar-refractivity contribution in [3.05, 3.63) is 0 Å². The maximum atomic E-state index is 11.1. The first kappa shape index (κ1) is 14.7. The first-order valence-corrected chi connectivity index (χ1v) is 7.37. The summed E-state index contributed by atoms with van der Waals surface area (Å²) in [6, 6.07) is -0.246. The van der Waals surface area contributed by atoms with Crippen LogP contribution in [0.25, 0.3) is 0 Å². The molecule has 2 atom stereocenters. The Morgan fingerprint density at radius 1 is 1.24 bits per heavy atom. The van der Waals surface area contributed by atoms with Crippen molar-refractivity contribution in [1.29, 1.82) is 0 Å². The summed E-state index contributed by atoms with van der Waals surface area (Å²) in [6.07, 6.45) is 12.3. The molecule has 0 saturated heterocycles. The summed E-state index contributed by atoms with van der Waals surface area (Å²) in [5, 5.41) is 0. The van der Waals surface area contributed by atoms with Crippen LogP contribution in [0.4, 0.5) is 0 Å². The van der Waals surface area contributed by atoms with Crippen molar-refractivity contribution >= 4 is 5.78 Å². The van der Waals surface area contributed by atoms with Crippen LogP contribution >= 0.6 is 0 Å². The van der Waals surface area contributed by atoms with Crippen molar-refractivity contribution in [2.24, 2.45) is 17.6 Å². The van der Waals surface area contributed by atoms with Crippen LogP contribution in [0, 0.1) is 11.8 Å². The fraction of sp³-hybridized carbons (Fsp3) is 0.933. The van der Waals surface area contributed by atoms with Crippen molar-refractivity contribution < 1.29 is 4.79 Å². The van der Waals surface area contributed by atoms with E-state index in [4.69, 9.17) is 5.73 Å². The number of carbonyl (C=O) groups excluding carboxylic acids is 1. The molecule has 17 heavy (non-hydrogen) atoms. The fourth-order valence-corrected chi connectivity index (χ4v) is 2.96. The van der Waals surface area contributed by atoms with E-state index in [1.165, 1.54) is 51.4 Å². The molecule has 1 fully saturated rings. The summed E-state index contributed by atoms with van der Waals surface area (Å²) >= 11 is 0. The zero-order chi connectivity index (χ0) is 12.7. The van der Waals surface area contributed by atoms with E-state index in [2.05, 4.69) is 6.92 Å². The quantitative estimate of drug-likeness (QED) is 0.689. The molecule has 100 valence electrons. The second-order valence-electron chi connectivity index (χ2n) is 5.90. The third kappa shape index (κ3) is 5.67. The van der Waals surface area contributed by atoms with Gasteiger partial charge in [-0.2, -0.15) is 0 Å². The Labute approximate surface area is 106 Å². The minimum atomic E-state index is -0.246. The second-order valence-corrected chi connectivity index (χ2v) is 5.90. The molecular weight excluding hydrogens is 210 g/mol. The van der Waals surface area contributed by atoms with Crippen molar-refractivity contribution in [1.82, 2.24) is 0 Å². The Hall–Kier alpha value is -0.370. The summed E-state index contributed by atoms with van der Waals surface area (Å²) in [6.45, 7) is 3.70. The number of Topliss-reactive ketones (excluding diaryl/α,β-unsaturated/α-hetero) is 1. The highest BCUT2D eigenvalue weighted by Gasteiger charge is 2.17. The normalized spacial score (nSPS) is 21.1. The van der Waals surface area contributed by atoms with Gasteiger partial charge in [-0.3, -0.25) is 4.79 Å². The Morgan fingerprint density at radius 3 is 2.47 bits per heavy atom. The molecule has 1 rings (SSSR count). The molecule has 2 nitrogen and oxygen atoms in total. The summed E-state index contributed by atoms with van der Waals surface area (Å²) in [7, 11) is 0. The maximum Gasteiger partial charge on any atom is 0.146 e. The molecular formula is C15H29NO. The number of carbonyl (C=O) groups is 1. The molecule has 1 aliphatic carbocycles. The largest absolute Gasteiger partial charge is 0.321 e. The predicted octanol–water partition coefficient (Wildman–Crippen LogP) is 3.68. The fourth-order valence-electron chi connectivity index (χ4n) is 2.96. The Balaban J connectivity index is 2.04. The van der Waals surface area contributed by atoms with Gasteiger partial charge in [0.15, 0.2) is 0 Å². The van der Waals surface area contributed by atoms with Crippen molar-refractivity contribution in [2.75, 3.05) is 0 Å². The van der Waals surface area contributed by atoms with Gasteiger partial charge < -0.3 is 5.73 Å². The topological polar surface area (TPSA) is 43.1 Å². The Bertz CT molecular complexity index is 221. The van der Waals surface area contributed by atoms with E-state index in [1.54, 1.807) is 6.92 Å². The van der Waals surface area contributed by atoms with Crippen LogP contribution < -0.4 is 5.73 Å². The lowest BCUT2D eigenvalue weighted by Gasteiger charge is -2.22. The van der Waals surface area contributed by atoms with Crippen LogP contribution in [0.3, 0.4) is 0 Å². The van der Waals surface area contributed by atoms with Gasteiger partial charge in [0.1, 0.15) is 5.78 Å². The highest BCUT2D eigenvalue weighted by Crippen LogP contribution is 2.28. The van der Waals surface area contributed by atoms with Gasteiger partial charge in [-0.25, -0.2) is 0 Å². The first-order valence-electron chi connectivity index (χ1n) is 7.37. The van der Waals surface area contributed by atoms with Crippen LogP contribution in [0.1, 0.15) is 71.6 Å². The number of nitrogens with two attached hydrogens (primary N) is 1. The number of unbranched alkanes of at least 4 members (excludes halogenated alkanes) is 1. The Kier molecular flexibility index (Phi) is 6.79. The molecule has 0 bridgehead atoms. The highest BCUT2D eigenvalue weighted by atomic mass is 16.1. The van der Waals surface area contributed by atoms with Crippen LogP contribution in [-0.2, 0) is 4.79 Å². The van der Waals surface area contributed by atoms with Gasteiger partial charge in [-0.1, -0.05) is 58.3 Å². The van der Waals surface area contributed by atoms with Crippen LogP contribution in [-0.4, -0.2) is 11.8 Å². The van der Waals surface area contributed by atoms with E-state index in [1.807, 2.05) is 0 Å². The molecule has 0 aromatic rings. The zero-order valence-electron chi connectivity index (χ0n) is 11.6. The maximum absolute atomic E-state index is 11.1. The molecule has 0 unspecified atom stereocenters. The van der Waals surface area contributed by atoms with Gasteiger partial charge in [-0.15, -0.1) is 0 Å². The monoisotopic (exact) mass is 239 g/mol. The molecule has 0 aliphatic heterocycles. The van der Waals surface area contributed by atoms with Crippen LogP contribution in [0.2, 0.25) is 0 Å². The minimum absolute atomic E-state index is 0.129. The van der Waals surface area contributed by atoms with Crippen molar-refractivity contribution in [3.63, 3.8) is 0 Å². The molecule has 0 aromatic carbocycles. The second kappa shape index (κ2) is 7.86. The van der Waals surface area contributed by atoms with E-state index >= 15 is 0 Å². The van der Waals surface area contributed by atoms with E-state index in [9.17, 15) is 4.79 Å². The summed E-state index contributed by atoms with van der Waals surface area (Å²) in [5.41, 5.74) is 5.84. The minimum Gasteiger partial charge on any atom is -0.321 e. The van der Waals surface area contributed by atoms with Crippen LogP contribution in [0.5, 0.6) is 0 Å². The summed E-state index contributed by atoms with van der Waals surface area (Å²) < 4.78 is 0. The van der Waals surface area contributed by atoms with E-state index in [-0.39, 0.29) is 11.8 Å². The third-order valence-corrected chi connectivity index (χ3v) is 4.33. The predicted molar refractivity (Wildman–Crippen MR) is 72.9 cm³/mol. The number of hydrogen-bond donors (Lipinski definition) is 1. The van der Waals surface area contributed by atoms with Gasteiger partial charge in [0.2, 0.25) is 0 Å². The number of hydrogen-bond acceptors (Lipinski definition) is 2. The van der Waals surface area contributed by atoms with Crippen LogP contribution in [0.15, 0.2) is 0 Å². The standard InChI is InChI=1S/C15H29NO/c1-12(15(16)13(2)17)8-6-7-11-14-9-4-3-5-10-14/h12,14-15H,3-11,16H2,1-2H3/t12-,15+/m0/s1. The Morgan fingerprint density at radius 2 is 1.88 bits per heavy atom. The molecule has 1 saturated carbocycles. The third-order valence-electron chi connectivity index (χ3n) is 4.33. The lowest BCUT2D eigenvalue weighted by molar-refractivity contribution is -0.119. The van der Waals surface area contributed by atoms with Crippen molar-refractivity contribution in [3.8, 4) is 0 Å². The van der Waals surface area contributed by atoms with E-state index in [0.717, 1.165) is 12.3 Å². The van der Waals surface area contributed by atoms with Gasteiger partial charge in [-0.05, 0) is 25.2 Å². The SMILES string of the molecule is CC(=O)[C@H](N)[C@@H](C)CCCCC1CCCCC1. The highest BCUT2D eigenvalue weighted by molar-refractivity contribution is 5.81. The summed E-state index contributed by atoms with van der Waals surface area (Å²) in [5.74, 6) is 1.46. The average Bonchev–Trinajstić information content (AvgIpc) is 2.34. The lowest BCUT2D eigenvalue weighted by atomic mass is 9.85. The van der Waals surface area contributed by atoms with Gasteiger partial charge in [0, 0.05) is 0 Å². The lowest BCUT2D eigenvalue weighted by Crippen LogP contribution is -2.35. The number of ketones is 1. The van der Waals surface area contributed by atoms with Gasteiger partial charge >= 0.3 is 0 Å². The summed E-state index contributed by atoms with van der Waals surface area (Å²) in [4.78, 5) is 11.1. The van der Waals surface area contributed by atoms with E-state index < -0.39 is 0 Å². The van der Waals surface area contributed by atoms with E-state index in [0.29, 0.717) is 5.92 Å². The van der Waals surface area contributed by atoms with Crippen molar-refractivity contribution in [2.45, 2.75) is 77.7 Å². The zero-order valence-corrected chi connectivity index (χ0v) is 11.6. The first-order chi connectivity index (χ1) is 8.11. The number of rotatable bonds is 7. The molecule has 0 amide bonds. The molecule has 0 spiro atoms. The van der Waals surface area contributed by atoms with Gasteiger partial charge in [0.25, 0.3) is 0 Å². The average molecular weight is 239 g/mol. The molecule has 2 N–H and O–H groups in total. The molecule has 0 aromatic heterocycles. The molecule has 0 radical (unpaired) electrons. The molecule has 1 aliphatic rings. The smallest absolute Gasteiger partial charge is 0.146 e. The molecule has 0 heterocycles.